The number of fused-ring (bicyclic) bond motifs is 1. The van der Waals surface area contributed by atoms with Gasteiger partial charge in [0, 0.05) is 19.4 Å². The molecular weight excluding hydrogens is 338 g/mol. The highest BCUT2D eigenvalue weighted by Gasteiger charge is 2.28. The van der Waals surface area contributed by atoms with Crippen LogP contribution in [0.1, 0.15) is 43.5 Å². The first-order chi connectivity index (χ1) is 13.1. The lowest BCUT2D eigenvalue weighted by atomic mass is 9.85. The molecule has 4 nitrogen and oxygen atoms in total. The van der Waals surface area contributed by atoms with Crippen LogP contribution in [0.2, 0.25) is 0 Å². The zero-order valence-corrected chi connectivity index (χ0v) is 16.1. The van der Waals surface area contributed by atoms with E-state index in [-0.39, 0.29) is 12.0 Å². The molecule has 142 valence electrons. The van der Waals surface area contributed by atoms with E-state index in [0.717, 1.165) is 32.5 Å². The number of para-hydroxylation sites is 1. The van der Waals surface area contributed by atoms with E-state index in [2.05, 4.69) is 12.2 Å². The van der Waals surface area contributed by atoms with Crippen LogP contribution in [0.3, 0.4) is 0 Å². The Hall–Kier alpha value is -2.33. The number of hydrogen-bond donors (Lipinski definition) is 0. The quantitative estimate of drug-likeness (QED) is 0.789. The van der Waals surface area contributed by atoms with Crippen LogP contribution in [-0.2, 0) is 4.74 Å². The average Bonchev–Trinajstić information content (AvgIpc) is 3.11. The van der Waals surface area contributed by atoms with Gasteiger partial charge >= 0.3 is 0 Å². The fourth-order valence-corrected chi connectivity index (χ4v) is 4.01. The van der Waals surface area contributed by atoms with Crippen LogP contribution in [0.5, 0.6) is 5.75 Å². The van der Waals surface area contributed by atoms with Gasteiger partial charge in [0.15, 0.2) is 0 Å². The Morgan fingerprint density at radius 1 is 1.19 bits per heavy atom. The minimum atomic E-state index is 0.00154. The van der Waals surface area contributed by atoms with Gasteiger partial charge < -0.3 is 14.4 Å². The van der Waals surface area contributed by atoms with Gasteiger partial charge in [-0.15, -0.1) is 0 Å². The molecule has 0 saturated carbocycles. The van der Waals surface area contributed by atoms with Crippen LogP contribution in [0.15, 0.2) is 59.3 Å². The molecule has 0 bridgehead atoms. The van der Waals surface area contributed by atoms with Crippen LogP contribution in [0.4, 0.5) is 0 Å². The van der Waals surface area contributed by atoms with E-state index in [0.29, 0.717) is 23.8 Å². The average molecular weight is 365 g/mol. The summed E-state index contributed by atoms with van der Waals surface area (Å²) in [5, 5.41) is 0. The first-order valence-electron chi connectivity index (χ1n) is 9.88. The van der Waals surface area contributed by atoms with Crippen LogP contribution >= 0.6 is 0 Å². The summed E-state index contributed by atoms with van der Waals surface area (Å²) in [6.45, 7) is 6.30. The first-order valence-corrected chi connectivity index (χ1v) is 9.88. The highest BCUT2D eigenvalue weighted by atomic mass is 16.5. The van der Waals surface area contributed by atoms with Crippen molar-refractivity contribution in [2.75, 3.05) is 19.8 Å². The van der Waals surface area contributed by atoms with E-state index in [9.17, 15) is 4.79 Å². The van der Waals surface area contributed by atoms with Crippen LogP contribution in [-0.4, -0.2) is 36.7 Å². The van der Waals surface area contributed by atoms with Crippen molar-refractivity contribution in [3.05, 3.63) is 64.9 Å². The zero-order chi connectivity index (χ0) is 18.8. The Bertz CT molecular complexity index is 813. The lowest BCUT2D eigenvalue weighted by Crippen LogP contribution is -2.25. The molecule has 4 heteroatoms. The van der Waals surface area contributed by atoms with Crippen molar-refractivity contribution in [2.45, 2.75) is 39.2 Å². The predicted octanol–water partition coefficient (Wildman–Crippen LogP) is 4.50. The standard InChI is InChI=1S/C23H27NO3/c1-16(2)27-22-6-4-3-5-21(22)23(25)24-14-19-8-7-18(13-20(19)15-24)17-9-11-26-12-10-17/h3-7,13-14,16-17H,8-12,15H2,1-2H3. The van der Waals surface area contributed by atoms with Crippen molar-refractivity contribution in [3.63, 3.8) is 0 Å². The summed E-state index contributed by atoms with van der Waals surface area (Å²) in [6, 6.07) is 7.51. The highest BCUT2D eigenvalue weighted by molar-refractivity contribution is 5.98. The lowest BCUT2D eigenvalue weighted by Gasteiger charge is -2.25. The molecule has 27 heavy (non-hydrogen) atoms. The molecular formula is C23H27NO3. The molecule has 1 aliphatic carbocycles. The maximum Gasteiger partial charge on any atom is 0.261 e. The molecule has 2 aliphatic heterocycles. The van der Waals surface area contributed by atoms with Crippen LogP contribution in [0.25, 0.3) is 0 Å². The summed E-state index contributed by atoms with van der Waals surface area (Å²) in [4.78, 5) is 14.9. The molecule has 4 rings (SSSR count). The number of amides is 1. The summed E-state index contributed by atoms with van der Waals surface area (Å²) in [5.74, 6) is 1.25. The Morgan fingerprint density at radius 2 is 1.96 bits per heavy atom. The minimum absolute atomic E-state index is 0.00154. The fourth-order valence-electron chi connectivity index (χ4n) is 4.01. The molecule has 1 aromatic rings. The van der Waals surface area contributed by atoms with Crippen molar-refractivity contribution in [2.24, 2.45) is 5.92 Å². The third-order valence-electron chi connectivity index (χ3n) is 5.40. The summed E-state index contributed by atoms with van der Waals surface area (Å²) in [5.41, 5.74) is 4.57. The van der Waals surface area contributed by atoms with Gasteiger partial charge in [-0.05, 0) is 67.9 Å². The first kappa shape index (κ1) is 18.1. The topological polar surface area (TPSA) is 38.8 Å². The monoisotopic (exact) mass is 365 g/mol. The maximum absolute atomic E-state index is 13.1. The number of ether oxygens (including phenoxy) is 2. The highest BCUT2D eigenvalue weighted by Crippen LogP contribution is 2.36. The van der Waals surface area contributed by atoms with Gasteiger partial charge in [-0.2, -0.15) is 0 Å². The van der Waals surface area contributed by atoms with Gasteiger partial charge in [0.1, 0.15) is 5.75 Å². The Balaban J connectivity index is 1.51. The predicted molar refractivity (Wildman–Crippen MR) is 106 cm³/mol. The summed E-state index contributed by atoms with van der Waals surface area (Å²) in [7, 11) is 0. The summed E-state index contributed by atoms with van der Waals surface area (Å²) < 4.78 is 11.3. The number of rotatable bonds is 4. The smallest absolute Gasteiger partial charge is 0.261 e. The van der Waals surface area contributed by atoms with Crippen LogP contribution in [0, 0.1) is 5.92 Å². The maximum atomic E-state index is 13.1. The number of carbonyl (C=O) groups is 1. The third-order valence-corrected chi connectivity index (χ3v) is 5.40. The van der Waals surface area contributed by atoms with Crippen molar-refractivity contribution >= 4 is 5.91 Å². The molecule has 0 unspecified atom stereocenters. The molecule has 2 heterocycles. The van der Waals surface area contributed by atoms with E-state index in [1.165, 1.54) is 16.7 Å². The fraction of sp³-hybridized carbons (Fsp3) is 0.435. The van der Waals surface area contributed by atoms with Crippen LogP contribution < -0.4 is 4.74 Å². The normalized spacial score (nSPS) is 20.1. The van der Waals surface area contributed by atoms with Gasteiger partial charge in [0.2, 0.25) is 0 Å². The number of benzene rings is 1. The van der Waals surface area contributed by atoms with Gasteiger partial charge in [-0.3, -0.25) is 4.79 Å². The Labute approximate surface area is 161 Å². The second kappa shape index (κ2) is 7.73. The molecule has 0 spiro atoms. The molecule has 0 aromatic heterocycles. The number of nitrogens with zero attached hydrogens (tertiary/aromatic N) is 1. The summed E-state index contributed by atoms with van der Waals surface area (Å²) >= 11 is 0. The van der Waals surface area contributed by atoms with Crippen molar-refractivity contribution in [1.29, 1.82) is 0 Å². The van der Waals surface area contributed by atoms with Gasteiger partial charge in [-0.1, -0.05) is 24.3 Å². The Morgan fingerprint density at radius 3 is 2.74 bits per heavy atom. The third kappa shape index (κ3) is 3.86. The second-order valence-electron chi connectivity index (χ2n) is 7.71. The SMILES string of the molecule is CC(C)Oc1ccccc1C(=O)N1C=C2CC=C(C3CCOCC3)C=C2C1. The molecule has 3 aliphatic rings. The molecule has 0 radical (unpaired) electrons. The van der Waals surface area contributed by atoms with Gasteiger partial charge in [0.05, 0.1) is 18.2 Å². The number of carbonyl (C=O) groups excluding carboxylic acids is 1. The molecule has 1 aromatic carbocycles. The summed E-state index contributed by atoms with van der Waals surface area (Å²) in [6.07, 6.45) is 9.77. The van der Waals surface area contributed by atoms with Crippen molar-refractivity contribution in [1.82, 2.24) is 4.90 Å². The van der Waals surface area contributed by atoms with Gasteiger partial charge in [0.25, 0.3) is 5.91 Å². The van der Waals surface area contributed by atoms with E-state index in [4.69, 9.17) is 9.47 Å². The molecule has 0 atom stereocenters. The van der Waals surface area contributed by atoms with Gasteiger partial charge in [-0.25, -0.2) is 0 Å². The second-order valence-corrected chi connectivity index (χ2v) is 7.71. The van der Waals surface area contributed by atoms with E-state index in [1.54, 1.807) is 0 Å². The van der Waals surface area contributed by atoms with E-state index in [1.807, 2.05) is 49.2 Å². The minimum Gasteiger partial charge on any atom is -0.490 e. The van der Waals surface area contributed by atoms with E-state index >= 15 is 0 Å². The molecule has 0 N–H and O–H groups in total. The van der Waals surface area contributed by atoms with Crippen molar-refractivity contribution in [3.8, 4) is 5.75 Å². The number of allylic oxidation sites excluding steroid dienone is 3. The zero-order valence-electron chi connectivity index (χ0n) is 16.1. The number of hydrogen-bond acceptors (Lipinski definition) is 3. The van der Waals surface area contributed by atoms with Crippen molar-refractivity contribution < 1.29 is 14.3 Å². The molecule has 1 fully saturated rings. The molecule has 1 amide bonds. The Kier molecular flexibility index (Phi) is 5.17. The largest absolute Gasteiger partial charge is 0.490 e. The lowest BCUT2D eigenvalue weighted by molar-refractivity contribution is 0.0765. The molecule has 1 saturated heterocycles. The van der Waals surface area contributed by atoms with E-state index < -0.39 is 0 Å².